The van der Waals surface area contributed by atoms with Crippen molar-refractivity contribution in [2.24, 2.45) is 0 Å². The fraction of sp³-hybridized carbons (Fsp3) is 0. The van der Waals surface area contributed by atoms with Gasteiger partial charge in [0.1, 0.15) is 11.2 Å². The smallest absolute Gasteiger partial charge is 0.137 e. The predicted octanol–water partition coefficient (Wildman–Crippen LogP) is 7.84. The summed E-state index contributed by atoms with van der Waals surface area (Å²) >= 11 is 0. The van der Waals surface area contributed by atoms with Gasteiger partial charge in [0, 0.05) is 21.5 Å². The van der Waals surface area contributed by atoms with Gasteiger partial charge in [-0.15, -0.1) is 0 Å². The zero-order valence-electron chi connectivity index (χ0n) is 16.2. The van der Waals surface area contributed by atoms with Gasteiger partial charge in [-0.1, -0.05) is 72.8 Å². The third-order valence-corrected chi connectivity index (χ3v) is 6.18. The number of nitrogens with zero attached hydrogens (tertiary/aromatic N) is 1. The molecule has 0 unspecified atom stereocenters. The Labute approximate surface area is 172 Å². The van der Waals surface area contributed by atoms with E-state index in [9.17, 15) is 0 Å². The third-order valence-electron chi connectivity index (χ3n) is 6.18. The first-order valence-electron chi connectivity index (χ1n) is 10.2. The number of hydrogen-bond donors (Lipinski definition) is 0. The lowest BCUT2D eigenvalue weighted by atomic mass is 10.1. The quantitative estimate of drug-likeness (QED) is 0.282. The summed E-state index contributed by atoms with van der Waals surface area (Å²) in [6.07, 6.45) is 0. The van der Waals surface area contributed by atoms with Crippen molar-refractivity contribution in [3.8, 4) is 5.69 Å². The van der Waals surface area contributed by atoms with Crippen LogP contribution in [0.15, 0.2) is 108 Å². The van der Waals surface area contributed by atoms with E-state index in [1.54, 1.807) is 0 Å². The Morgan fingerprint density at radius 1 is 0.500 bits per heavy atom. The zero-order chi connectivity index (χ0) is 19.7. The summed E-state index contributed by atoms with van der Waals surface area (Å²) in [5.74, 6) is 0. The zero-order valence-corrected chi connectivity index (χ0v) is 16.2. The number of hydrogen-bond acceptors (Lipinski definition) is 1. The first-order valence-corrected chi connectivity index (χ1v) is 10.2. The Morgan fingerprint density at radius 2 is 1.23 bits per heavy atom. The van der Waals surface area contributed by atoms with Crippen molar-refractivity contribution >= 4 is 54.5 Å². The van der Waals surface area contributed by atoms with E-state index in [1.807, 2.05) is 12.1 Å². The van der Waals surface area contributed by atoms with Crippen LogP contribution in [-0.4, -0.2) is 4.57 Å². The van der Waals surface area contributed by atoms with Crippen molar-refractivity contribution in [1.29, 1.82) is 0 Å². The lowest BCUT2D eigenvalue weighted by Crippen LogP contribution is -1.95. The van der Waals surface area contributed by atoms with Gasteiger partial charge in [-0.05, 0) is 35.7 Å². The summed E-state index contributed by atoms with van der Waals surface area (Å²) in [7, 11) is 0. The van der Waals surface area contributed by atoms with E-state index in [2.05, 4.69) is 95.6 Å². The molecule has 0 aliphatic carbocycles. The molecule has 2 aromatic heterocycles. The topological polar surface area (TPSA) is 18.1 Å². The second kappa shape index (κ2) is 5.74. The Balaban J connectivity index is 1.80. The van der Waals surface area contributed by atoms with E-state index in [4.69, 9.17) is 4.42 Å². The molecule has 0 amide bonds. The minimum atomic E-state index is 0.924. The second-order valence-corrected chi connectivity index (χ2v) is 7.78. The summed E-state index contributed by atoms with van der Waals surface area (Å²) in [6, 6.07) is 36.4. The molecule has 7 aromatic rings. The van der Waals surface area contributed by atoms with Gasteiger partial charge in [0.05, 0.1) is 22.1 Å². The summed E-state index contributed by atoms with van der Waals surface area (Å²) in [5, 5.41) is 7.32. The van der Waals surface area contributed by atoms with Crippen LogP contribution in [0.5, 0.6) is 0 Å². The molecule has 2 heteroatoms. The standard InChI is InChI=1S/C28H17NO/c1-2-10-19-18(8-1)9-7-14-23(19)29-24-13-5-3-11-20(24)21-16-17-26-27(28(21)29)22-12-4-6-15-25(22)30-26/h1-17H. The van der Waals surface area contributed by atoms with Crippen LogP contribution >= 0.6 is 0 Å². The van der Waals surface area contributed by atoms with Gasteiger partial charge < -0.3 is 8.98 Å². The lowest BCUT2D eigenvalue weighted by molar-refractivity contribution is 0.669. The van der Waals surface area contributed by atoms with E-state index in [0.717, 1.165) is 16.6 Å². The molecule has 30 heavy (non-hydrogen) atoms. The minimum Gasteiger partial charge on any atom is -0.456 e. The number of benzene rings is 5. The molecule has 0 bridgehead atoms. The van der Waals surface area contributed by atoms with Crippen molar-refractivity contribution in [3.05, 3.63) is 103 Å². The summed E-state index contributed by atoms with van der Waals surface area (Å²) in [4.78, 5) is 0. The number of rotatable bonds is 1. The normalized spacial score (nSPS) is 12.0. The molecule has 2 nitrogen and oxygen atoms in total. The fourth-order valence-corrected chi connectivity index (χ4v) is 4.92. The Kier molecular flexibility index (Phi) is 3.03. The van der Waals surface area contributed by atoms with Gasteiger partial charge >= 0.3 is 0 Å². The highest BCUT2D eigenvalue weighted by atomic mass is 16.3. The molecule has 0 aliphatic rings. The molecule has 0 saturated carbocycles. The summed E-state index contributed by atoms with van der Waals surface area (Å²) in [5.41, 5.74) is 5.46. The second-order valence-electron chi connectivity index (χ2n) is 7.78. The van der Waals surface area contributed by atoms with Crippen LogP contribution in [0.2, 0.25) is 0 Å². The van der Waals surface area contributed by atoms with E-state index in [0.29, 0.717) is 0 Å². The van der Waals surface area contributed by atoms with Crippen LogP contribution in [0.1, 0.15) is 0 Å². The molecular weight excluding hydrogens is 366 g/mol. The highest BCUT2D eigenvalue weighted by molar-refractivity contribution is 6.24. The molecule has 7 rings (SSSR count). The maximum atomic E-state index is 6.22. The Hall–Kier alpha value is -4.04. The first-order chi connectivity index (χ1) is 14.9. The average Bonchev–Trinajstić information content (AvgIpc) is 3.34. The van der Waals surface area contributed by atoms with Crippen molar-refractivity contribution in [2.75, 3.05) is 0 Å². The highest BCUT2D eigenvalue weighted by Crippen LogP contribution is 2.41. The molecular formula is C28H17NO. The van der Waals surface area contributed by atoms with Crippen molar-refractivity contribution in [2.45, 2.75) is 0 Å². The third kappa shape index (κ3) is 1.98. The molecule has 0 aliphatic heterocycles. The van der Waals surface area contributed by atoms with E-state index >= 15 is 0 Å². The molecule has 0 saturated heterocycles. The van der Waals surface area contributed by atoms with Gasteiger partial charge in [0.25, 0.3) is 0 Å². The van der Waals surface area contributed by atoms with Crippen LogP contribution < -0.4 is 0 Å². The number of fused-ring (bicyclic) bond motifs is 8. The average molecular weight is 383 g/mol. The lowest BCUT2D eigenvalue weighted by Gasteiger charge is -2.12. The van der Waals surface area contributed by atoms with Crippen molar-refractivity contribution in [1.82, 2.24) is 4.57 Å². The Morgan fingerprint density at radius 3 is 2.17 bits per heavy atom. The number of para-hydroxylation sites is 2. The van der Waals surface area contributed by atoms with Crippen molar-refractivity contribution < 1.29 is 4.42 Å². The van der Waals surface area contributed by atoms with Crippen LogP contribution in [0.3, 0.4) is 0 Å². The number of furan rings is 1. The van der Waals surface area contributed by atoms with Gasteiger partial charge in [-0.3, -0.25) is 0 Å². The SMILES string of the molecule is c1ccc2c(-n3c4ccccc4c4ccc5oc6ccccc6c5c43)cccc2c1. The van der Waals surface area contributed by atoms with Gasteiger partial charge in [-0.25, -0.2) is 0 Å². The van der Waals surface area contributed by atoms with Crippen molar-refractivity contribution in [3.63, 3.8) is 0 Å². The molecule has 0 spiro atoms. The van der Waals surface area contributed by atoms with Crippen LogP contribution in [0.25, 0.3) is 60.2 Å². The summed E-state index contributed by atoms with van der Waals surface area (Å²) in [6.45, 7) is 0. The van der Waals surface area contributed by atoms with Gasteiger partial charge in [0.15, 0.2) is 0 Å². The Bertz CT molecular complexity index is 1740. The number of aromatic nitrogens is 1. The molecule has 0 N–H and O–H groups in total. The van der Waals surface area contributed by atoms with Crippen LogP contribution in [-0.2, 0) is 0 Å². The van der Waals surface area contributed by atoms with E-state index in [-0.39, 0.29) is 0 Å². The van der Waals surface area contributed by atoms with Crippen LogP contribution in [0.4, 0.5) is 0 Å². The first kappa shape index (κ1) is 15.8. The fourth-order valence-electron chi connectivity index (χ4n) is 4.92. The monoisotopic (exact) mass is 383 g/mol. The largest absolute Gasteiger partial charge is 0.456 e. The molecule has 5 aromatic carbocycles. The van der Waals surface area contributed by atoms with Gasteiger partial charge in [0.2, 0.25) is 0 Å². The molecule has 0 radical (unpaired) electrons. The van der Waals surface area contributed by atoms with Crippen LogP contribution in [0, 0.1) is 0 Å². The van der Waals surface area contributed by atoms with Gasteiger partial charge in [-0.2, -0.15) is 0 Å². The molecule has 140 valence electrons. The molecule has 2 heterocycles. The van der Waals surface area contributed by atoms with E-state index in [1.165, 1.54) is 43.7 Å². The highest BCUT2D eigenvalue weighted by Gasteiger charge is 2.19. The molecule has 0 atom stereocenters. The maximum absolute atomic E-state index is 6.22. The molecule has 0 fully saturated rings. The maximum Gasteiger partial charge on any atom is 0.137 e. The predicted molar refractivity (Wildman–Crippen MR) is 126 cm³/mol. The minimum absolute atomic E-state index is 0.924. The summed E-state index contributed by atoms with van der Waals surface area (Å²) < 4.78 is 8.64. The van der Waals surface area contributed by atoms with E-state index < -0.39 is 0 Å².